The first-order chi connectivity index (χ1) is 16.0. The highest BCUT2D eigenvalue weighted by Gasteiger charge is 2.32. The highest BCUT2D eigenvalue weighted by atomic mass is 16.5. The van der Waals surface area contributed by atoms with Crippen LogP contribution in [0.5, 0.6) is 0 Å². The molecule has 0 heterocycles. The Hall–Kier alpha value is -3.35. The summed E-state index contributed by atoms with van der Waals surface area (Å²) in [7, 11) is 0. The molecule has 33 heavy (non-hydrogen) atoms. The largest absolute Gasteiger partial charge is 0.481 e. The first-order valence-electron chi connectivity index (χ1n) is 11.6. The zero-order chi connectivity index (χ0) is 23.2. The molecular weight excluding hydrogens is 420 g/mol. The number of hydrogen-bond acceptors (Lipinski definition) is 4. The topological polar surface area (TPSA) is 105 Å². The Morgan fingerprint density at radius 2 is 1.61 bits per heavy atom. The molecule has 0 aliphatic heterocycles. The van der Waals surface area contributed by atoms with Gasteiger partial charge in [-0.25, -0.2) is 4.79 Å². The number of nitrogens with one attached hydrogen (secondary N) is 2. The minimum absolute atomic E-state index is 0.00627. The Labute approximate surface area is 193 Å². The number of carbonyl (C=O) groups is 3. The lowest BCUT2D eigenvalue weighted by molar-refractivity contribution is -0.144. The summed E-state index contributed by atoms with van der Waals surface area (Å²) in [6.45, 7) is 0.728. The number of ether oxygens (including phenoxy) is 1. The van der Waals surface area contributed by atoms with Crippen LogP contribution in [0.4, 0.5) is 4.79 Å². The van der Waals surface area contributed by atoms with E-state index in [1.807, 2.05) is 24.3 Å². The molecule has 2 amide bonds. The van der Waals surface area contributed by atoms with Crippen molar-refractivity contribution in [2.24, 2.45) is 11.8 Å². The van der Waals surface area contributed by atoms with Crippen LogP contribution in [0.1, 0.15) is 49.1 Å². The summed E-state index contributed by atoms with van der Waals surface area (Å²) in [5.41, 5.74) is 4.67. The van der Waals surface area contributed by atoms with Gasteiger partial charge in [0, 0.05) is 25.4 Å². The normalized spacial score (nSPS) is 15.6. The Kier molecular flexibility index (Phi) is 7.27. The van der Waals surface area contributed by atoms with Crippen molar-refractivity contribution in [3.05, 3.63) is 59.7 Å². The third-order valence-corrected chi connectivity index (χ3v) is 6.75. The fraction of sp³-hybridized carbons (Fsp3) is 0.423. The summed E-state index contributed by atoms with van der Waals surface area (Å²) in [6.07, 6.45) is 3.06. The number of carboxylic acid groups (broad SMARTS) is 1. The van der Waals surface area contributed by atoms with Crippen molar-refractivity contribution in [2.75, 3.05) is 19.7 Å². The Morgan fingerprint density at radius 3 is 2.18 bits per heavy atom. The van der Waals surface area contributed by atoms with Crippen LogP contribution in [0.25, 0.3) is 11.1 Å². The molecule has 2 aliphatic rings. The van der Waals surface area contributed by atoms with Gasteiger partial charge in [0.25, 0.3) is 0 Å². The van der Waals surface area contributed by atoms with E-state index in [0.29, 0.717) is 13.0 Å². The highest BCUT2D eigenvalue weighted by molar-refractivity contribution is 5.79. The summed E-state index contributed by atoms with van der Waals surface area (Å²) in [4.78, 5) is 35.6. The number of benzene rings is 2. The second kappa shape index (κ2) is 10.5. The molecule has 2 aromatic rings. The summed E-state index contributed by atoms with van der Waals surface area (Å²) in [5, 5.41) is 14.7. The molecule has 7 heteroatoms. The fourth-order valence-corrected chi connectivity index (χ4v) is 4.70. The van der Waals surface area contributed by atoms with Crippen LogP contribution in [0.3, 0.4) is 0 Å². The molecule has 2 aliphatic carbocycles. The fourth-order valence-electron chi connectivity index (χ4n) is 4.70. The average Bonchev–Trinajstić information content (AvgIpc) is 3.10. The van der Waals surface area contributed by atoms with Gasteiger partial charge < -0.3 is 20.5 Å². The van der Waals surface area contributed by atoms with Gasteiger partial charge in [-0.2, -0.15) is 0 Å². The van der Waals surface area contributed by atoms with E-state index in [9.17, 15) is 19.5 Å². The van der Waals surface area contributed by atoms with Crippen molar-refractivity contribution in [1.82, 2.24) is 10.6 Å². The van der Waals surface area contributed by atoms with Crippen LogP contribution in [0.15, 0.2) is 48.5 Å². The zero-order valence-electron chi connectivity index (χ0n) is 18.6. The number of fused-ring (bicyclic) bond motifs is 3. The van der Waals surface area contributed by atoms with Crippen LogP contribution >= 0.6 is 0 Å². The van der Waals surface area contributed by atoms with E-state index in [4.69, 9.17) is 4.74 Å². The van der Waals surface area contributed by atoms with E-state index < -0.39 is 18.0 Å². The molecule has 0 spiro atoms. The van der Waals surface area contributed by atoms with Crippen LogP contribution in [0.2, 0.25) is 0 Å². The monoisotopic (exact) mass is 450 g/mol. The molecule has 2 aromatic carbocycles. The van der Waals surface area contributed by atoms with Gasteiger partial charge in [-0.3, -0.25) is 9.59 Å². The van der Waals surface area contributed by atoms with Crippen molar-refractivity contribution in [2.45, 2.75) is 38.0 Å². The lowest BCUT2D eigenvalue weighted by Gasteiger charge is -2.31. The second-order valence-corrected chi connectivity index (χ2v) is 8.80. The van der Waals surface area contributed by atoms with Crippen molar-refractivity contribution < 1.29 is 24.2 Å². The smallest absolute Gasteiger partial charge is 0.407 e. The first kappa shape index (κ1) is 22.8. The van der Waals surface area contributed by atoms with Crippen LogP contribution in [-0.4, -0.2) is 42.8 Å². The predicted octanol–water partition coefficient (Wildman–Crippen LogP) is 3.92. The maximum Gasteiger partial charge on any atom is 0.407 e. The van der Waals surface area contributed by atoms with E-state index in [-0.39, 0.29) is 37.3 Å². The number of hydrogen-bond donors (Lipinski definition) is 3. The maximum atomic E-state index is 12.2. The molecule has 3 N–H and O–H groups in total. The summed E-state index contributed by atoms with van der Waals surface area (Å²) < 4.78 is 5.48. The van der Waals surface area contributed by atoms with E-state index in [2.05, 4.69) is 34.9 Å². The minimum Gasteiger partial charge on any atom is -0.481 e. The SMILES string of the molecule is O=C(CCCNC(=O)OCC1c2ccccc2-c2ccccc21)NCC(C(=O)O)C1CCC1. The average molecular weight is 451 g/mol. The van der Waals surface area contributed by atoms with Crippen LogP contribution < -0.4 is 10.6 Å². The van der Waals surface area contributed by atoms with Crippen molar-refractivity contribution in [3.8, 4) is 11.1 Å². The van der Waals surface area contributed by atoms with Crippen molar-refractivity contribution in [3.63, 3.8) is 0 Å². The van der Waals surface area contributed by atoms with Gasteiger partial charge in [-0.1, -0.05) is 55.0 Å². The molecule has 4 rings (SSSR count). The van der Waals surface area contributed by atoms with E-state index >= 15 is 0 Å². The lowest BCUT2D eigenvalue weighted by atomic mass is 9.76. The third-order valence-electron chi connectivity index (χ3n) is 6.75. The predicted molar refractivity (Wildman–Crippen MR) is 124 cm³/mol. The molecule has 0 saturated heterocycles. The van der Waals surface area contributed by atoms with Crippen LogP contribution in [-0.2, 0) is 14.3 Å². The number of rotatable bonds is 10. The highest BCUT2D eigenvalue weighted by Crippen LogP contribution is 2.44. The van der Waals surface area contributed by atoms with Gasteiger partial charge in [0.15, 0.2) is 0 Å². The third kappa shape index (κ3) is 5.35. The first-order valence-corrected chi connectivity index (χ1v) is 11.6. The van der Waals surface area contributed by atoms with Crippen molar-refractivity contribution in [1.29, 1.82) is 0 Å². The van der Waals surface area contributed by atoms with Gasteiger partial charge >= 0.3 is 12.1 Å². The molecule has 1 saturated carbocycles. The second-order valence-electron chi connectivity index (χ2n) is 8.80. The zero-order valence-corrected chi connectivity index (χ0v) is 18.6. The standard InChI is InChI=1S/C26H30N2O5/c29-24(28-15-22(25(30)31)17-7-5-8-17)13-6-14-27-26(32)33-16-23-20-11-3-1-9-18(20)19-10-2-4-12-21(19)23/h1-4,9-12,17,22-23H,5-8,13-16H2,(H,27,32)(H,28,29)(H,30,31). The molecular formula is C26H30N2O5. The number of aliphatic carboxylic acids is 1. The summed E-state index contributed by atoms with van der Waals surface area (Å²) in [6, 6.07) is 16.3. The summed E-state index contributed by atoms with van der Waals surface area (Å²) >= 11 is 0. The number of carboxylic acids is 1. The van der Waals surface area contributed by atoms with E-state index in [1.54, 1.807) is 0 Å². The molecule has 1 atom stereocenters. The molecule has 1 unspecified atom stereocenters. The van der Waals surface area contributed by atoms with E-state index in [1.165, 1.54) is 11.1 Å². The molecule has 1 fully saturated rings. The summed E-state index contributed by atoms with van der Waals surface area (Å²) in [5.74, 6) is -1.39. The Morgan fingerprint density at radius 1 is 0.970 bits per heavy atom. The number of alkyl carbamates (subject to hydrolysis) is 1. The Balaban J connectivity index is 1.16. The minimum atomic E-state index is -0.850. The molecule has 0 bridgehead atoms. The lowest BCUT2D eigenvalue weighted by Crippen LogP contribution is -2.39. The van der Waals surface area contributed by atoms with Crippen molar-refractivity contribution >= 4 is 18.0 Å². The molecule has 0 aromatic heterocycles. The van der Waals surface area contributed by atoms with Gasteiger partial charge in [-0.05, 0) is 47.4 Å². The number of carbonyl (C=O) groups excluding carboxylic acids is 2. The van der Waals surface area contributed by atoms with E-state index in [0.717, 1.165) is 30.4 Å². The quantitative estimate of drug-likeness (QED) is 0.476. The van der Waals surface area contributed by atoms with Gasteiger partial charge in [-0.15, -0.1) is 0 Å². The maximum absolute atomic E-state index is 12.2. The molecule has 174 valence electrons. The number of amides is 2. The van der Waals surface area contributed by atoms with Gasteiger partial charge in [0.2, 0.25) is 5.91 Å². The van der Waals surface area contributed by atoms with Crippen LogP contribution in [0, 0.1) is 11.8 Å². The van der Waals surface area contributed by atoms with Gasteiger partial charge in [0.05, 0.1) is 5.92 Å². The molecule has 7 nitrogen and oxygen atoms in total. The Bertz CT molecular complexity index is 972. The van der Waals surface area contributed by atoms with Gasteiger partial charge in [0.1, 0.15) is 6.61 Å². The molecule has 0 radical (unpaired) electrons.